The number of carboxylic acid groups (broad SMARTS) is 1. The number of aromatic nitrogens is 1. The van der Waals surface area contributed by atoms with Crippen LogP contribution < -0.4 is 4.74 Å². The lowest BCUT2D eigenvalue weighted by molar-refractivity contribution is 0.0686. The lowest BCUT2D eigenvalue weighted by atomic mass is 9.96. The van der Waals surface area contributed by atoms with E-state index in [1.54, 1.807) is 18.3 Å². The Morgan fingerprint density at radius 3 is 2.52 bits per heavy atom. The number of benzene rings is 1. The number of aromatic carboxylic acids is 1. The molecule has 21 heavy (non-hydrogen) atoms. The zero-order valence-electron chi connectivity index (χ0n) is 11.5. The van der Waals surface area contributed by atoms with Crippen molar-refractivity contribution in [2.24, 2.45) is 0 Å². The van der Waals surface area contributed by atoms with Gasteiger partial charge in [0, 0.05) is 16.8 Å². The molecule has 108 valence electrons. The van der Waals surface area contributed by atoms with Gasteiger partial charge < -0.3 is 9.84 Å². The molecule has 0 aliphatic heterocycles. The maximum Gasteiger partial charge on any atom is 0.358 e. The highest BCUT2D eigenvalue weighted by Gasteiger charge is 2.31. The van der Waals surface area contributed by atoms with E-state index in [2.05, 4.69) is 4.98 Å². The predicted molar refractivity (Wildman–Crippen MR) is 80.2 cm³/mol. The first-order valence-corrected chi connectivity index (χ1v) is 7.05. The fourth-order valence-electron chi connectivity index (χ4n) is 2.48. The lowest BCUT2D eigenvalue weighted by Gasteiger charge is -2.15. The van der Waals surface area contributed by atoms with Crippen LogP contribution in [-0.4, -0.2) is 23.2 Å². The van der Waals surface area contributed by atoms with Gasteiger partial charge in [-0.2, -0.15) is 0 Å². The molecule has 1 aliphatic rings. The van der Waals surface area contributed by atoms with Crippen molar-refractivity contribution in [1.29, 1.82) is 0 Å². The van der Waals surface area contributed by atoms with Gasteiger partial charge in [-0.3, -0.25) is 0 Å². The fourth-order valence-corrected chi connectivity index (χ4v) is 2.60. The molecule has 0 spiro atoms. The van der Waals surface area contributed by atoms with Gasteiger partial charge in [-0.05, 0) is 42.0 Å². The molecule has 5 heteroatoms. The first-order chi connectivity index (χ1) is 10.1. The van der Waals surface area contributed by atoms with Crippen LogP contribution in [0.1, 0.15) is 34.8 Å². The number of nitrogens with zero attached hydrogens (tertiary/aromatic N) is 1. The van der Waals surface area contributed by atoms with Crippen LogP contribution in [0.4, 0.5) is 0 Å². The highest BCUT2D eigenvalue weighted by molar-refractivity contribution is 6.30. The molecule has 1 heterocycles. The van der Waals surface area contributed by atoms with Crippen LogP contribution in [0.15, 0.2) is 30.5 Å². The molecule has 1 aromatic heterocycles. The predicted octanol–water partition coefficient (Wildman–Crippen LogP) is 3.99. The number of carbonyl (C=O) groups is 1. The Kier molecular flexibility index (Phi) is 3.55. The SMILES string of the molecule is COc1c(C(=O)O)ncc(C2CC2)c1-c1ccc(Cl)cc1. The van der Waals surface area contributed by atoms with Crippen LogP contribution in [0.2, 0.25) is 5.02 Å². The number of ether oxygens (including phenoxy) is 1. The van der Waals surface area contributed by atoms with Gasteiger partial charge >= 0.3 is 5.97 Å². The minimum Gasteiger partial charge on any atom is -0.494 e. The molecule has 3 rings (SSSR count). The quantitative estimate of drug-likeness (QED) is 0.928. The second-order valence-electron chi connectivity index (χ2n) is 5.06. The van der Waals surface area contributed by atoms with Crippen LogP contribution in [0.25, 0.3) is 11.1 Å². The number of carboxylic acids is 1. The Morgan fingerprint density at radius 1 is 1.33 bits per heavy atom. The Labute approximate surface area is 127 Å². The molecule has 0 unspecified atom stereocenters. The Hall–Kier alpha value is -2.07. The molecular formula is C16H14ClNO3. The monoisotopic (exact) mass is 303 g/mol. The number of methoxy groups -OCH3 is 1. The molecule has 0 atom stereocenters. The van der Waals surface area contributed by atoms with Crippen molar-refractivity contribution < 1.29 is 14.6 Å². The standard InChI is InChI=1S/C16H14ClNO3/c1-21-15-13(10-4-6-11(17)7-5-10)12(9-2-3-9)8-18-14(15)16(19)20/h4-9H,2-3H2,1H3,(H,19,20). The number of rotatable bonds is 4. The van der Waals surface area contributed by atoms with Gasteiger partial charge in [-0.1, -0.05) is 23.7 Å². The Balaban J connectivity index is 2.25. The normalized spacial score (nSPS) is 14.0. The average Bonchev–Trinajstić information content (AvgIpc) is 3.31. The number of halogens is 1. The summed E-state index contributed by atoms with van der Waals surface area (Å²) in [5.74, 6) is -0.349. The van der Waals surface area contributed by atoms with Gasteiger partial charge in [-0.25, -0.2) is 9.78 Å². The molecule has 1 N–H and O–H groups in total. The summed E-state index contributed by atoms with van der Waals surface area (Å²) in [6, 6.07) is 7.32. The number of hydrogen-bond acceptors (Lipinski definition) is 3. The van der Waals surface area contributed by atoms with Crippen LogP contribution in [0.5, 0.6) is 5.75 Å². The minimum atomic E-state index is -1.09. The van der Waals surface area contributed by atoms with Gasteiger partial charge in [0.1, 0.15) is 0 Å². The largest absolute Gasteiger partial charge is 0.494 e. The first kappa shape index (κ1) is 13.9. The second-order valence-corrected chi connectivity index (χ2v) is 5.49. The summed E-state index contributed by atoms with van der Waals surface area (Å²) < 4.78 is 5.36. The summed E-state index contributed by atoms with van der Waals surface area (Å²) in [4.78, 5) is 15.4. The van der Waals surface area contributed by atoms with Gasteiger partial charge in [-0.15, -0.1) is 0 Å². The smallest absolute Gasteiger partial charge is 0.358 e. The van der Waals surface area contributed by atoms with E-state index in [0.29, 0.717) is 16.7 Å². The molecular weight excluding hydrogens is 290 g/mol. The molecule has 2 aromatic rings. The van der Waals surface area contributed by atoms with E-state index >= 15 is 0 Å². The van der Waals surface area contributed by atoms with Crippen molar-refractivity contribution in [3.8, 4) is 16.9 Å². The van der Waals surface area contributed by atoms with Crippen LogP contribution >= 0.6 is 11.6 Å². The topological polar surface area (TPSA) is 59.4 Å². The lowest BCUT2D eigenvalue weighted by Crippen LogP contribution is -2.07. The van der Waals surface area contributed by atoms with E-state index in [-0.39, 0.29) is 5.69 Å². The minimum absolute atomic E-state index is 0.0631. The third kappa shape index (κ3) is 2.59. The summed E-state index contributed by atoms with van der Waals surface area (Å²) >= 11 is 5.93. The zero-order valence-corrected chi connectivity index (χ0v) is 12.2. The van der Waals surface area contributed by atoms with E-state index in [0.717, 1.165) is 29.5 Å². The van der Waals surface area contributed by atoms with Crippen molar-refractivity contribution in [3.63, 3.8) is 0 Å². The van der Waals surface area contributed by atoms with E-state index in [4.69, 9.17) is 16.3 Å². The van der Waals surface area contributed by atoms with Gasteiger partial charge in [0.25, 0.3) is 0 Å². The molecule has 1 saturated carbocycles. The Bertz CT molecular complexity index is 693. The fraction of sp³-hybridized carbons (Fsp3) is 0.250. The zero-order chi connectivity index (χ0) is 15.0. The third-order valence-electron chi connectivity index (χ3n) is 3.62. The third-order valence-corrected chi connectivity index (χ3v) is 3.87. The molecule has 0 amide bonds. The van der Waals surface area contributed by atoms with E-state index in [9.17, 15) is 9.90 Å². The summed E-state index contributed by atoms with van der Waals surface area (Å²) in [7, 11) is 1.47. The summed E-state index contributed by atoms with van der Waals surface area (Å²) in [5.41, 5.74) is 2.68. The molecule has 1 fully saturated rings. The molecule has 4 nitrogen and oxygen atoms in total. The van der Waals surface area contributed by atoms with Crippen molar-refractivity contribution in [2.45, 2.75) is 18.8 Å². The highest BCUT2D eigenvalue weighted by atomic mass is 35.5. The van der Waals surface area contributed by atoms with E-state index in [1.165, 1.54) is 7.11 Å². The van der Waals surface area contributed by atoms with Crippen LogP contribution in [-0.2, 0) is 0 Å². The van der Waals surface area contributed by atoms with Crippen LogP contribution in [0.3, 0.4) is 0 Å². The summed E-state index contributed by atoms with van der Waals surface area (Å²) in [6.45, 7) is 0. The molecule has 0 saturated heterocycles. The average molecular weight is 304 g/mol. The van der Waals surface area contributed by atoms with Crippen LogP contribution in [0, 0.1) is 0 Å². The second kappa shape index (κ2) is 5.37. The molecule has 0 radical (unpaired) electrons. The van der Waals surface area contributed by atoms with Gasteiger partial charge in [0.15, 0.2) is 11.4 Å². The molecule has 0 bridgehead atoms. The van der Waals surface area contributed by atoms with Gasteiger partial charge in [0.2, 0.25) is 0 Å². The van der Waals surface area contributed by atoms with Crippen molar-refractivity contribution in [1.82, 2.24) is 4.98 Å². The Morgan fingerprint density at radius 2 is 2.00 bits per heavy atom. The first-order valence-electron chi connectivity index (χ1n) is 6.68. The van der Waals surface area contributed by atoms with E-state index in [1.807, 2.05) is 12.1 Å². The van der Waals surface area contributed by atoms with Crippen molar-refractivity contribution in [2.75, 3.05) is 7.11 Å². The highest BCUT2D eigenvalue weighted by Crippen LogP contribution is 2.47. The summed E-state index contributed by atoms with van der Waals surface area (Å²) in [6.07, 6.45) is 3.85. The van der Waals surface area contributed by atoms with Crippen molar-refractivity contribution in [3.05, 3.63) is 46.7 Å². The molecule has 1 aliphatic carbocycles. The van der Waals surface area contributed by atoms with Gasteiger partial charge in [0.05, 0.1) is 7.11 Å². The van der Waals surface area contributed by atoms with Crippen molar-refractivity contribution >= 4 is 17.6 Å². The maximum absolute atomic E-state index is 11.4. The van der Waals surface area contributed by atoms with E-state index < -0.39 is 5.97 Å². The summed E-state index contributed by atoms with van der Waals surface area (Å²) in [5, 5.41) is 9.93. The maximum atomic E-state index is 11.4. The molecule has 1 aromatic carbocycles. The number of pyridine rings is 1. The number of hydrogen-bond donors (Lipinski definition) is 1.